The molecule has 31 heavy (non-hydrogen) atoms. The van der Waals surface area contributed by atoms with Gasteiger partial charge in [0.2, 0.25) is 0 Å². The summed E-state index contributed by atoms with van der Waals surface area (Å²) in [6.45, 7) is 0.571. The highest BCUT2D eigenvalue weighted by atomic mass is 35.5. The van der Waals surface area contributed by atoms with Crippen molar-refractivity contribution in [3.8, 4) is 11.5 Å². The highest BCUT2D eigenvalue weighted by molar-refractivity contribution is 7.99. The number of hydrogen-bond acceptors (Lipinski definition) is 5. The minimum atomic E-state index is -0.127. The molecule has 1 aliphatic carbocycles. The van der Waals surface area contributed by atoms with Gasteiger partial charge in [-0.25, -0.2) is 0 Å². The predicted molar refractivity (Wildman–Crippen MR) is 130 cm³/mol. The second-order valence-corrected chi connectivity index (χ2v) is 9.47. The average molecular weight is 463 g/mol. The first-order chi connectivity index (χ1) is 15.0. The lowest BCUT2D eigenvalue weighted by Gasteiger charge is -2.31. The first-order valence-electron chi connectivity index (χ1n) is 10.7. The van der Waals surface area contributed by atoms with Crippen LogP contribution in [0, 0.1) is 5.92 Å². The Kier molecular flexibility index (Phi) is 8.79. The van der Waals surface area contributed by atoms with Gasteiger partial charge in [-0.2, -0.15) is 11.8 Å². The summed E-state index contributed by atoms with van der Waals surface area (Å²) in [6.07, 6.45) is 6.25. The number of carbonyl (C=O) groups excluding carboxylic acids is 1. The van der Waals surface area contributed by atoms with E-state index in [1.165, 1.54) is 32.1 Å². The fraction of sp³-hybridized carbons (Fsp3) is 0.458. The third kappa shape index (κ3) is 6.23. The summed E-state index contributed by atoms with van der Waals surface area (Å²) in [5, 5.41) is 4.01. The van der Waals surface area contributed by atoms with E-state index in [-0.39, 0.29) is 11.2 Å². The average Bonchev–Trinajstić information content (AvgIpc) is 2.80. The fourth-order valence-electron chi connectivity index (χ4n) is 4.14. The zero-order chi connectivity index (χ0) is 22.2. The number of nitrogens with two attached hydrogens (primary N) is 1. The minimum Gasteiger partial charge on any atom is -0.493 e. The number of rotatable bonds is 9. The Balaban J connectivity index is 1.61. The summed E-state index contributed by atoms with van der Waals surface area (Å²) < 4.78 is 10.5. The Hall–Kier alpha value is -2.05. The minimum absolute atomic E-state index is 0.127. The van der Waals surface area contributed by atoms with Crippen LogP contribution in [0.4, 0.5) is 5.69 Å². The third-order valence-corrected chi connectivity index (χ3v) is 7.44. The van der Waals surface area contributed by atoms with Crippen molar-refractivity contribution in [2.75, 3.05) is 32.3 Å². The van der Waals surface area contributed by atoms with Gasteiger partial charge in [0.1, 0.15) is 0 Å². The van der Waals surface area contributed by atoms with E-state index in [0.29, 0.717) is 34.5 Å². The van der Waals surface area contributed by atoms with E-state index < -0.39 is 0 Å². The quantitative estimate of drug-likeness (QED) is 0.368. The van der Waals surface area contributed by atoms with E-state index in [1.807, 2.05) is 30.0 Å². The van der Waals surface area contributed by atoms with Gasteiger partial charge in [0.15, 0.2) is 11.5 Å². The number of benzene rings is 2. The van der Waals surface area contributed by atoms with Gasteiger partial charge in [-0.05, 0) is 60.7 Å². The molecule has 168 valence electrons. The molecule has 1 aliphatic rings. The largest absolute Gasteiger partial charge is 0.493 e. The van der Waals surface area contributed by atoms with Crippen LogP contribution in [0.2, 0.25) is 5.02 Å². The normalized spacial score (nSPS) is 15.3. The maximum Gasteiger partial charge on any atom is 0.251 e. The molecule has 0 radical (unpaired) electrons. The maximum absolute atomic E-state index is 12.6. The van der Waals surface area contributed by atoms with Gasteiger partial charge < -0.3 is 20.5 Å². The molecule has 7 heteroatoms. The number of halogens is 1. The molecule has 2 aromatic rings. The lowest BCUT2D eigenvalue weighted by molar-refractivity contribution is 0.0955. The number of ether oxygens (including phenoxy) is 2. The lowest BCUT2D eigenvalue weighted by atomic mass is 9.84. The summed E-state index contributed by atoms with van der Waals surface area (Å²) in [4.78, 5) is 12.6. The molecule has 2 aromatic carbocycles. The van der Waals surface area contributed by atoms with Gasteiger partial charge in [0.25, 0.3) is 5.91 Å². The van der Waals surface area contributed by atoms with Crippen LogP contribution < -0.4 is 20.5 Å². The van der Waals surface area contributed by atoms with Crippen LogP contribution in [0.5, 0.6) is 11.5 Å². The Morgan fingerprint density at radius 2 is 1.87 bits per heavy atom. The molecule has 0 heterocycles. The highest BCUT2D eigenvalue weighted by Crippen LogP contribution is 2.45. The van der Waals surface area contributed by atoms with Gasteiger partial charge >= 0.3 is 0 Å². The summed E-state index contributed by atoms with van der Waals surface area (Å²) >= 11 is 8.13. The predicted octanol–water partition coefficient (Wildman–Crippen LogP) is 5.72. The van der Waals surface area contributed by atoms with Crippen molar-refractivity contribution in [2.45, 2.75) is 37.4 Å². The Morgan fingerprint density at radius 1 is 1.13 bits per heavy atom. The van der Waals surface area contributed by atoms with Crippen LogP contribution in [-0.4, -0.2) is 32.4 Å². The summed E-state index contributed by atoms with van der Waals surface area (Å²) in [7, 11) is 3.13. The number of anilines is 1. The van der Waals surface area contributed by atoms with Crippen LogP contribution in [-0.2, 0) is 0 Å². The fourth-order valence-corrected chi connectivity index (χ4v) is 5.72. The van der Waals surface area contributed by atoms with Crippen LogP contribution >= 0.6 is 23.4 Å². The molecule has 0 aliphatic heterocycles. The van der Waals surface area contributed by atoms with Gasteiger partial charge in [-0.15, -0.1) is 0 Å². The molecule has 5 nitrogen and oxygen atoms in total. The highest BCUT2D eigenvalue weighted by Gasteiger charge is 2.27. The molecule has 3 rings (SSSR count). The Bertz CT molecular complexity index is 887. The first-order valence-corrected chi connectivity index (χ1v) is 12.1. The van der Waals surface area contributed by atoms with Crippen LogP contribution in [0.1, 0.15) is 53.3 Å². The van der Waals surface area contributed by atoms with Crippen molar-refractivity contribution in [2.24, 2.45) is 5.92 Å². The standard InChI is InChI=1S/C24H31ClN2O3S/c1-29-21-11-8-17(14-22(21)30-2)24(28)27-12-13-31-23(16-6-4-3-5-7-16)19-15-18(25)9-10-20(19)26/h8-11,14-16,23H,3-7,12-13,26H2,1-2H3,(H,27,28). The molecule has 1 fully saturated rings. The Morgan fingerprint density at radius 3 is 2.58 bits per heavy atom. The van der Waals surface area contributed by atoms with E-state index in [1.54, 1.807) is 32.4 Å². The third-order valence-electron chi connectivity index (χ3n) is 5.76. The molecule has 0 saturated heterocycles. The van der Waals surface area contributed by atoms with Crippen molar-refractivity contribution >= 4 is 35.0 Å². The van der Waals surface area contributed by atoms with Crippen molar-refractivity contribution in [3.63, 3.8) is 0 Å². The van der Waals surface area contributed by atoms with Crippen molar-refractivity contribution < 1.29 is 14.3 Å². The maximum atomic E-state index is 12.6. The number of methoxy groups -OCH3 is 2. The molecule has 1 saturated carbocycles. The molecular formula is C24H31ClN2O3S. The molecular weight excluding hydrogens is 432 g/mol. The Labute approximate surface area is 194 Å². The molecule has 1 amide bonds. The van der Waals surface area contributed by atoms with Gasteiger partial charge in [0, 0.05) is 33.8 Å². The SMILES string of the molecule is COc1ccc(C(=O)NCCSC(c2cc(Cl)ccc2N)C2CCCCC2)cc1OC. The van der Waals surface area contributed by atoms with Gasteiger partial charge in [0.05, 0.1) is 14.2 Å². The van der Waals surface area contributed by atoms with Gasteiger partial charge in [-0.3, -0.25) is 4.79 Å². The molecule has 0 aromatic heterocycles. The van der Waals surface area contributed by atoms with Crippen LogP contribution in [0.25, 0.3) is 0 Å². The number of nitrogens with one attached hydrogen (secondary N) is 1. The summed E-state index contributed by atoms with van der Waals surface area (Å²) in [5.74, 6) is 2.40. The second kappa shape index (κ2) is 11.5. The lowest BCUT2D eigenvalue weighted by Crippen LogP contribution is -2.26. The second-order valence-electron chi connectivity index (χ2n) is 7.79. The zero-order valence-corrected chi connectivity index (χ0v) is 19.7. The monoisotopic (exact) mass is 462 g/mol. The number of thioether (sulfide) groups is 1. The van der Waals surface area contributed by atoms with Crippen molar-refractivity contribution in [1.29, 1.82) is 0 Å². The van der Waals surface area contributed by atoms with Crippen molar-refractivity contribution in [1.82, 2.24) is 5.32 Å². The first kappa shape index (κ1) is 23.6. The number of hydrogen-bond donors (Lipinski definition) is 2. The molecule has 1 atom stereocenters. The zero-order valence-electron chi connectivity index (χ0n) is 18.2. The van der Waals surface area contributed by atoms with E-state index in [4.69, 9.17) is 26.8 Å². The molecule has 0 spiro atoms. The van der Waals surface area contributed by atoms with Crippen LogP contribution in [0.3, 0.4) is 0 Å². The van der Waals surface area contributed by atoms with E-state index >= 15 is 0 Å². The molecule has 0 bridgehead atoms. The summed E-state index contributed by atoms with van der Waals surface area (Å²) in [5.41, 5.74) is 8.77. The topological polar surface area (TPSA) is 73.6 Å². The number of nitrogen functional groups attached to an aromatic ring is 1. The number of amides is 1. The van der Waals surface area contributed by atoms with Crippen molar-refractivity contribution in [3.05, 3.63) is 52.5 Å². The smallest absolute Gasteiger partial charge is 0.251 e. The number of carbonyl (C=O) groups is 1. The van der Waals surface area contributed by atoms with Gasteiger partial charge in [-0.1, -0.05) is 30.9 Å². The van der Waals surface area contributed by atoms with E-state index in [2.05, 4.69) is 5.32 Å². The van der Waals surface area contributed by atoms with E-state index in [0.717, 1.165) is 17.0 Å². The summed E-state index contributed by atoms with van der Waals surface area (Å²) in [6, 6.07) is 10.9. The van der Waals surface area contributed by atoms with E-state index in [9.17, 15) is 4.79 Å². The van der Waals surface area contributed by atoms with Crippen LogP contribution in [0.15, 0.2) is 36.4 Å². The molecule has 3 N–H and O–H groups in total. The molecule has 1 unspecified atom stereocenters.